The van der Waals surface area contributed by atoms with E-state index >= 15 is 0 Å². The second-order valence-electron chi connectivity index (χ2n) is 3.88. The molecule has 1 aromatic heterocycles. The lowest BCUT2D eigenvalue weighted by atomic mass is 10.2. The molecule has 1 N–H and O–H groups in total. The van der Waals surface area contributed by atoms with Gasteiger partial charge >= 0.3 is 0 Å². The molecule has 5 heteroatoms. The number of hydrogen-bond donors (Lipinski definition) is 1. The Morgan fingerprint density at radius 1 is 1.53 bits per heavy atom. The van der Waals surface area contributed by atoms with Gasteiger partial charge in [-0.25, -0.2) is 0 Å². The Kier molecular flexibility index (Phi) is 3.43. The van der Waals surface area contributed by atoms with Crippen molar-refractivity contribution in [2.24, 2.45) is 5.92 Å². The van der Waals surface area contributed by atoms with E-state index in [2.05, 4.69) is 15.5 Å². The molecule has 1 aliphatic rings. The van der Waals surface area contributed by atoms with Gasteiger partial charge in [-0.05, 0) is 44.5 Å². The van der Waals surface area contributed by atoms with Gasteiger partial charge in [0.2, 0.25) is 0 Å². The maximum Gasteiger partial charge on any atom is 0.149 e. The largest absolute Gasteiger partial charge is 0.316 e. The Morgan fingerprint density at radius 2 is 2.40 bits per heavy atom. The van der Waals surface area contributed by atoms with Crippen LogP contribution in [-0.4, -0.2) is 33.2 Å². The first-order chi connectivity index (χ1) is 7.25. The molecule has 1 saturated heterocycles. The maximum atomic E-state index is 11.9. The fourth-order valence-corrected chi connectivity index (χ4v) is 2.90. The average Bonchev–Trinajstić information content (AvgIpc) is 2.71. The van der Waals surface area contributed by atoms with E-state index < -0.39 is 10.8 Å². The Balaban J connectivity index is 1.98. The second kappa shape index (κ2) is 4.81. The Labute approximate surface area is 91.9 Å². The van der Waals surface area contributed by atoms with Gasteiger partial charge in [-0.2, -0.15) is 5.10 Å². The number of rotatable bonds is 3. The second-order valence-corrected chi connectivity index (χ2v) is 5.33. The van der Waals surface area contributed by atoms with Gasteiger partial charge in [-0.1, -0.05) is 0 Å². The highest BCUT2D eigenvalue weighted by Gasteiger charge is 2.18. The average molecular weight is 225 g/mol. The third-order valence-electron chi connectivity index (χ3n) is 2.56. The van der Waals surface area contributed by atoms with Crippen LogP contribution in [0.1, 0.15) is 12.1 Å². The normalized spacial score (nSPS) is 22.9. The summed E-state index contributed by atoms with van der Waals surface area (Å²) in [5.74, 6) is 1.22. The molecule has 15 heavy (non-hydrogen) atoms. The summed E-state index contributed by atoms with van der Waals surface area (Å²) in [5, 5.41) is 11.7. The van der Waals surface area contributed by atoms with Crippen molar-refractivity contribution in [2.45, 2.75) is 18.4 Å². The lowest BCUT2D eigenvalue weighted by molar-refractivity contribution is 0.629. The fourth-order valence-electron chi connectivity index (χ4n) is 1.66. The lowest BCUT2D eigenvalue weighted by Crippen LogP contribution is -2.15. The van der Waals surface area contributed by atoms with E-state index in [1.165, 1.54) is 0 Å². The fraction of sp³-hybridized carbons (Fsp3) is 0.600. The van der Waals surface area contributed by atoms with Crippen LogP contribution < -0.4 is 5.32 Å². The molecule has 1 fully saturated rings. The number of nitrogens with zero attached hydrogens (tertiary/aromatic N) is 2. The zero-order chi connectivity index (χ0) is 10.7. The molecule has 0 radical (unpaired) electrons. The van der Waals surface area contributed by atoms with E-state index in [9.17, 15) is 4.21 Å². The number of aromatic nitrogens is 2. The van der Waals surface area contributed by atoms with Crippen LogP contribution >= 0.6 is 0 Å². The maximum absolute atomic E-state index is 11.9. The van der Waals surface area contributed by atoms with Crippen LogP contribution in [0.4, 0.5) is 0 Å². The van der Waals surface area contributed by atoms with Gasteiger partial charge in [0, 0.05) is 5.75 Å². The molecule has 2 atom stereocenters. The molecule has 0 aliphatic carbocycles. The van der Waals surface area contributed by atoms with E-state index in [0.29, 0.717) is 16.7 Å². The molecule has 4 nitrogen and oxygen atoms in total. The molecule has 0 spiro atoms. The summed E-state index contributed by atoms with van der Waals surface area (Å²) >= 11 is 0. The number of aryl methyl sites for hydroxylation is 1. The highest BCUT2D eigenvalue weighted by Crippen LogP contribution is 2.12. The Hall–Kier alpha value is -0.810. The predicted molar refractivity (Wildman–Crippen MR) is 59.0 cm³/mol. The van der Waals surface area contributed by atoms with Gasteiger partial charge in [0.25, 0.3) is 0 Å². The molecular formula is C10H15N3OS. The zero-order valence-corrected chi connectivity index (χ0v) is 9.59. The summed E-state index contributed by atoms with van der Waals surface area (Å²) in [5.41, 5.74) is 0.860. The quantitative estimate of drug-likeness (QED) is 0.814. The van der Waals surface area contributed by atoms with E-state index in [-0.39, 0.29) is 0 Å². The SMILES string of the molecule is Cc1ccc([S@@](=O)C[C@@H]2CCNC2)nn1. The summed E-state index contributed by atoms with van der Waals surface area (Å²) in [4.78, 5) is 0. The number of hydrogen-bond acceptors (Lipinski definition) is 4. The van der Waals surface area contributed by atoms with Crippen molar-refractivity contribution in [3.05, 3.63) is 17.8 Å². The van der Waals surface area contributed by atoms with Crippen molar-refractivity contribution in [3.63, 3.8) is 0 Å². The first-order valence-electron chi connectivity index (χ1n) is 5.15. The van der Waals surface area contributed by atoms with Gasteiger partial charge in [0.05, 0.1) is 16.5 Å². The lowest BCUT2D eigenvalue weighted by Gasteiger charge is -2.06. The summed E-state index contributed by atoms with van der Waals surface area (Å²) in [6, 6.07) is 3.66. The molecule has 1 aromatic rings. The van der Waals surface area contributed by atoms with E-state index in [0.717, 1.165) is 25.2 Å². The van der Waals surface area contributed by atoms with Gasteiger partial charge in [0.1, 0.15) is 5.03 Å². The van der Waals surface area contributed by atoms with Crippen LogP contribution in [0.15, 0.2) is 17.2 Å². The Morgan fingerprint density at radius 3 is 3.00 bits per heavy atom. The summed E-state index contributed by atoms with van der Waals surface area (Å²) in [7, 11) is -0.995. The summed E-state index contributed by atoms with van der Waals surface area (Å²) in [6.07, 6.45) is 1.12. The van der Waals surface area contributed by atoms with Gasteiger partial charge in [-0.3, -0.25) is 4.21 Å². The molecule has 1 aliphatic heterocycles. The molecule has 0 saturated carbocycles. The van der Waals surface area contributed by atoms with Crippen molar-refractivity contribution >= 4 is 10.8 Å². The van der Waals surface area contributed by atoms with Crippen molar-refractivity contribution in [2.75, 3.05) is 18.8 Å². The topological polar surface area (TPSA) is 54.9 Å². The molecule has 0 bridgehead atoms. The van der Waals surface area contributed by atoms with E-state index in [1.807, 2.05) is 13.0 Å². The van der Waals surface area contributed by atoms with Crippen LogP contribution in [0, 0.1) is 12.8 Å². The minimum atomic E-state index is -0.995. The van der Waals surface area contributed by atoms with Gasteiger partial charge in [0.15, 0.2) is 0 Å². The van der Waals surface area contributed by atoms with Gasteiger partial charge in [-0.15, -0.1) is 5.10 Å². The van der Waals surface area contributed by atoms with E-state index in [1.54, 1.807) is 6.07 Å². The minimum Gasteiger partial charge on any atom is -0.316 e. The molecular weight excluding hydrogens is 210 g/mol. The third kappa shape index (κ3) is 2.82. The molecule has 82 valence electrons. The van der Waals surface area contributed by atoms with Crippen molar-refractivity contribution in [1.82, 2.24) is 15.5 Å². The highest BCUT2D eigenvalue weighted by atomic mass is 32.2. The first kappa shape index (κ1) is 10.7. The zero-order valence-electron chi connectivity index (χ0n) is 8.77. The first-order valence-corrected chi connectivity index (χ1v) is 6.47. The molecule has 2 rings (SSSR count). The van der Waals surface area contributed by atoms with Crippen LogP contribution in [0.25, 0.3) is 0 Å². The standard InChI is InChI=1S/C10H15N3OS/c1-8-2-3-10(13-12-8)15(14)7-9-4-5-11-6-9/h2-3,9,11H,4-7H2,1H3/t9-,15+/m1/s1. The van der Waals surface area contributed by atoms with Crippen molar-refractivity contribution in [1.29, 1.82) is 0 Å². The molecule has 0 aromatic carbocycles. The highest BCUT2D eigenvalue weighted by molar-refractivity contribution is 7.84. The summed E-state index contributed by atoms with van der Waals surface area (Å²) < 4.78 is 11.9. The summed E-state index contributed by atoms with van der Waals surface area (Å²) in [6.45, 7) is 3.90. The Bertz CT molecular complexity index is 346. The minimum absolute atomic E-state index is 0.522. The van der Waals surface area contributed by atoms with E-state index in [4.69, 9.17) is 0 Å². The van der Waals surface area contributed by atoms with Crippen molar-refractivity contribution < 1.29 is 4.21 Å². The van der Waals surface area contributed by atoms with Crippen LogP contribution in [0.3, 0.4) is 0 Å². The van der Waals surface area contributed by atoms with Crippen LogP contribution in [-0.2, 0) is 10.8 Å². The third-order valence-corrected chi connectivity index (χ3v) is 4.01. The predicted octanol–water partition coefficient (Wildman–Crippen LogP) is 0.502. The van der Waals surface area contributed by atoms with Crippen molar-refractivity contribution in [3.8, 4) is 0 Å². The molecule has 2 heterocycles. The molecule has 0 unspecified atom stereocenters. The number of nitrogens with one attached hydrogen (secondary N) is 1. The smallest absolute Gasteiger partial charge is 0.149 e. The molecule has 0 amide bonds. The van der Waals surface area contributed by atoms with Crippen LogP contribution in [0.5, 0.6) is 0 Å². The van der Waals surface area contributed by atoms with Gasteiger partial charge < -0.3 is 5.32 Å². The monoisotopic (exact) mass is 225 g/mol. The van der Waals surface area contributed by atoms with Crippen LogP contribution in [0.2, 0.25) is 0 Å².